The topological polar surface area (TPSA) is 37.3 Å². The predicted molar refractivity (Wildman–Crippen MR) is 47.8 cm³/mol. The molecular weight excluding hydrogens is 268 g/mol. The number of aromatic carboxylic acids is 1. The zero-order valence-corrected chi connectivity index (χ0v) is 8.48. The summed E-state index contributed by atoms with van der Waals surface area (Å²) in [4.78, 5) is 10.6. The first-order valence-corrected chi connectivity index (χ1v) is 5.99. The number of hydrogen-bond acceptors (Lipinski definition) is 1. The van der Waals surface area contributed by atoms with E-state index >= 15 is 0 Å². The summed E-state index contributed by atoms with van der Waals surface area (Å²) >= 11 is -0.231. The summed E-state index contributed by atoms with van der Waals surface area (Å²) < 4.78 is 3.40. The molecule has 60 valence electrons. The third-order valence-corrected chi connectivity index (χ3v) is 4.21. The van der Waals surface area contributed by atoms with Crippen molar-refractivity contribution in [3.8, 4) is 0 Å². The molecule has 0 radical (unpaired) electrons. The molecule has 0 amide bonds. The molecule has 0 spiro atoms. The van der Waals surface area contributed by atoms with Crippen molar-refractivity contribution in [1.82, 2.24) is 0 Å². The van der Waals surface area contributed by atoms with Crippen molar-refractivity contribution in [2.75, 3.05) is 0 Å². The van der Waals surface area contributed by atoms with E-state index in [0.29, 0.717) is 5.56 Å². The molecule has 0 aliphatic rings. The van der Waals surface area contributed by atoms with E-state index in [-0.39, 0.29) is 20.4 Å². The number of rotatable bonds is 1. The van der Waals surface area contributed by atoms with E-state index in [1.807, 2.05) is 6.07 Å². The third-order valence-electron chi connectivity index (χ3n) is 1.70. The minimum absolute atomic E-state index is 0.231. The Hall–Kier alpha value is -0.780. The van der Waals surface area contributed by atoms with Gasteiger partial charge in [-0.3, -0.25) is 0 Å². The molecule has 2 aromatic rings. The van der Waals surface area contributed by atoms with Crippen LogP contribution in [-0.4, -0.2) is 31.5 Å². The Bertz CT molecular complexity index is 431. The summed E-state index contributed by atoms with van der Waals surface area (Å²) in [6, 6.07) is 7.40. The van der Waals surface area contributed by atoms with Gasteiger partial charge in [0.25, 0.3) is 0 Å². The molecule has 0 unspecified atom stereocenters. The van der Waals surface area contributed by atoms with E-state index in [4.69, 9.17) is 5.11 Å². The molecule has 1 aromatic carbocycles. The van der Waals surface area contributed by atoms with Crippen molar-refractivity contribution in [3.05, 3.63) is 33.9 Å². The molecule has 0 fully saturated rings. The maximum absolute atomic E-state index is 10.6. The van der Waals surface area contributed by atoms with Crippen LogP contribution < -0.4 is 0 Å². The van der Waals surface area contributed by atoms with Gasteiger partial charge >= 0.3 is 79.0 Å². The summed E-state index contributed by atoms with van der Waals surface area (Å²) in [5.41, 5.74) is 0.405. The first kappa shape index (κ1) is 7.85. The molecule has 1 aromatic heterocycles. The Morgan fingerprint density at radius 3 is 2.92 bits per heavy atom. The fourth-order valence-electron chi connectivity index (χ4n) is 1.09. The standard InChI is InChI=1S/C9H6O2Te/c10-9(11)7-2-1-6-3-4-12-8(6)5-7/h1-5H,(H,10,11). The SMILES string of the molecule is O=C(O)c1ccc2cc[te]c2c1. The summed E-state index contributed by atoms with van der Waals surface area (Å²) in [5, 5.41) is 9.91. The Morgan fingerprint density at radius 2 is 2.17 bits per heavy atom. The molecule has 2 nitrogen and oxygen atoms in total. The number of carboxylic acid groups (broad SMARTS) is 1. The van der Waals surface area contributed by atoms with Gasteiger partial charge in [-0.05, 0) is 0 Å². The van der Waals surface area contributed by atoms with Gasteiger partial charge in [-0.2, -0.15) is 0 Å². The number of carbonyl (C=O) groups is 1. The fraction of sp³-hybridized carbons (Fsp3) is 0. The maximum atomic E-state index is 10.6. The van der Waals surface area contributed by atoms with Gasteiger partial charge in [-0.1, -0.05) is 0 Å². The van der Waals surface area contributed by atoms with Crippen LogP contribution in [0.3, 0.4) is 0 Å². The summed E-state index contributed by atoms with van der Waals surface area (Å²) in [6.45, 7) is 0. The van der Waals surface area contributed by atoms with Crippen LogP contribution in [0.25, 0.3) is 8.79 Å². The quantitative estimate of drug-likeness (QED) is 0.802. The Balaban J connectivity index is 2.68. The van der Waals surface area contributed by atoms with Gasteiger partial charge in [0.05, 0.1) is 0 Å². The molecule has 0 aliphatic heterocycles. The van der Waals surface area contributed by atoms with Gasteiger partial charge in [0, 0.05) is 0 Å². The van der Waals surface area contributed by atoms with Gasteiger partial charge in [-0.25, -0.2) is 0 Å². The Morgan fingerprint density at radius 1 is 1.33 bits per heavy atom. The van der Waals surface area contributed by atoms with Crippen molar-refractivity contribution in [2.45, 2.75) is 0 Å². The fourth-order valence-corrected chi connectivity index (χ4v) is 3.45. The van der Waals surface area contributed by atoms with Crippen LogP contribution in [0.2, 0.25) is 0 Å². The number of benzene rings is 1. The number of carboxylic acids is 1. The number of hydrogen-bond donors (Lipinski definition) is 1. The molecule has 1 N–H and O–H groups in total. The van der Waals surface area contributed by atoms with Gasteiger partial charge in [0.1, 0.15) is 0 Å². The average Bonchev–Trinajstić information content (AvgIpc) is 2.49. The monoisotopic (exact) mass is 276 g/mol. The van der Waals surface area contributed by atoms with Crippen LogP contribution in [0.1, 0.15) is 10.4 Å². The molecule has 0 aliphatic carbocycles. The van der Waals surface area contributed by atoms with E-state index in [2.05, 4.69) is 10.1 Å². The normalized spacial score (nSPS) is 10.3. The third kappa shape index (κ3) is 1.26. The van der Waals surface area contributed by atoms with Crippen LogP contribution >= 0.6 is 0 Å². The van der Waals surface area contributed by atoms with E-state index in [1.54, 1.807) is 12.1 Å². The Kier molecular flexibility index (Phi) is 1.92. The predicted octanol–water partition coefficient (Wildman–Crippen LogP) is 1.59. The zero-order valence-electron chi connectivity index (χ0n) is 6.15. The molecule has 3 heteroatoms. The minimum atomic E-state index is -0.836. The molecule has 12 heavy (non-hydrogen) atoms. The van der Waals surface area contributed by atoms with E-state index in [1.165, 1.54) is 8.79 Å². The van der Waals surface area contributed by atoms with Crippen molar-refractivity contribution < 1.29 is 9.90 Å². The summed E-state index contributed by atoms with van der Waals surface area (Å²) in [7, 11) is 0. The van der Waals surface area contributed by atoms with Crippen LogP contribution in [0.15, 0.2) is 28.3 Å². The van der Waals surface area contributed by atoms with Gasteiger partial charge in [0.2, 0.25) is 0 Å². The second-order valence-electron chi connectivity index (χ2n) is 2.48. The first-order chi connectivity index (χ1) is 5.77. The number of fused-ring (bicyclic) bond motifs is 1. The van der Waals surface area contributed by atoms with Gasteiger partial charge in [-0.15, -0.1) is 0 Å². The van der Waals surface area contributed by atoms with Crippen LogP contribution in [0.5, 0.6) is 0 Å². The molecular formula is C9H6O2Te. The van der Waals surface area contributed by atoms with Crippen LogP contribution in [0, 0.1) is 0 Å². The van der Waals surface area contributed by atoms with Crippen molar-refractivity contribution in [2.24, 2.45) is 0 Å². The summed E-state index contributed by atoms with van der Waals surface area (Å²) in [5.74, 6) is -0.836. The second kappa shape index (κ2) is 2.93. The van der Waals surface area contributed by atoms with E-state index < -0.39 is 5.97 Å². The molecule has 0 saturated heterocycles. The average molecular weight is 274 g/mol. The second-order valence-corrected chi connectivity index (χ2v) is 5.18. The van der Waals surface area contributed by atoms with Crippen molar-refractivity contribution in [3.63, 3.8) is 0 Å². The first-order valence-electron chi connectivity index (χ1n) is 3.48. The van der Waals surface area contributed by atoms with E-state index in [0.717, 1.165) is 0 Å². The molecule has 1 heterocycles. The van der Waals surface area contributed by atoms with Crippen molar-refractivity contribution >= 4 is 35.2 Å². The van der Waals surface area contributed by atoms with Crippen LogP contribution in [-0.2, 0) is 0 Å². The summed E-state index contributed by atoms with van der Waals surface area (Å²) in [6.07, 6.45) is 0. The molecule has 2 rings (SSSR count). The van der Waals surface area contributed by atoms with Crippen molar-refractivity contribution in [1.29, 1.82) is 0 Å². The molecule has 0 saturated carbocycles. The van der Waals surface area contributed by atoms with E-state index in [9.17, 15) is 4.79 Å². The van der Waals surface area contributed by atoms with Crippen LogP contribution in [0.4, 0.5) is 0 Å². The molecule has 0 atom stereocenters. The Labute approximate surface area is 79.1 Å². The zero-order chi connectivity index (χ0) is 8.55. The van der Waals surface area contributed by atoms with Gasteiger partial charge < -0.3 is 0 Å². The van der Waals surface area contributed by atoms with Gasteiger partial charge in [0.15, 0.2) is 0 Å². The molecule has 0 bridgehead atoms.